The summed E-state index contributed by atoms with van der Waals surface area (Å²) < 4.78 is 7.63. The van der Waals surface area contributed by atoms with Crippen LogP contribution in [0, 0.1) is 11.3 Å². The fourth-order valence-electron chi connectivity index (χ4n) is 3.39. The first-order valence-corrected chi connectivity index (χ1v) is 9.08. The van der Waals surface area contributed by atoms with Gasteiger partial charge in [-0.1, -0.05) is 18.2 Å². The molecule has 0 bridgehead atoms. The Bertz CT molecular complexity index is 951. The summed E-state index contributed by atoms with van der Waals surface area (Å²) in [5.41, 5.74) is 8.13. The smallest absolute Gasteiger partial charge is 0.140 e. The molecule has 27 heavy (non-hydrogen) atoms. The van der Waals surface area contributed by atoms with E-state index in [1.165, 1.54) is 0 Å². The van der Waals surface area contributed by atoms with E-state index in [1.54, 1.807) is 4.68 Å². The van der Waals surface area contributed by atoms with Crippen LogP contribution in [0.5, 0.6) is 11.5 Å². The molecule has 3 aromatic rings. The average Bonchev–Trinajstić information content (AvgIpc) is 3.06. The first-order chi connectivity index (χ1) is 13.3. The number of aromatic nitrogens is 2. The highest BCUT2D eigenvalue weighted by Gasteiger charge is 2.23. The van der Waals surface area contributed by atoms with Gasteiger partial charge in [0, 0.05) is 12.1 Å². The molecule has 2 heterocycles. The maximum Gasteiger partial charge on any atom is 0.140 e. The molecule has 1 aromatic heterocycles. The first kappa shape index (κ1) is 17.1. The van der Waals surface area contributed by atoms with Crippen LogP contribution in [0.3, 0.4) is 0 Å². The third-order valence-electron chi connectivity index (χ3n) is 4.78. The molecule has 0 spiro atoms. The van der Waals surface area contributed by atoms with Crippen molar-refractivity contribution < 1.29 is 4.74 Å². The van der Waals surface area contributed by atoms with Gasteiger partial charge in [-0.2, -0.15) is 10.4 Å². The molecule has 1 aliphatic rings. The summed E-state index contributed by atoms with van der Waals surface area (Å²) in [5.74, 6) is 1.94. The maximum atomic E-state index is 9.60. The molecule has 4 rings (SSSR count). The fraction of sp³-hybridized carbons (Fsp3) is 0.238. The Labute approximate surface area is 158 Å². The van der Waals surface area contributed by atoms with E-state index in [0.717, 1.165) is 43.0 Å². The Morgan fingerprint density at radius 2 is 1.85 bits per heavy atom. The van der Waals surface area contributed by atoms with Crippen LogP contribution in [0.2, 0.25) is 0 Å². The molecule has 1 atom stereocenters. The van der Waals surface area contributed by atoms with Crippen molar-refractivity contribution in [2.45, 2.75) is 18.9 Å². The van der Waals surface area contributed by atoms with Gasteiger partial charge in [0.2, 0.25) is 0 Å². The molecule has 1 saturated heterocycles. The lowest BCUT2D eigenvalue weighted by atomic mass is 10.1. The number of hydrogen-bond donors (Lipinski definition) is 2. The van der Waals surface area contributed by atoms with E-state index in [-0.39, 0.29) is 6.04 Å². The summed E-state index contributed by atoms with van der Waals surface area (Å²) in [6, 6.07) is 19.6. The number of hydrogen-bond acceptors (Lipinski definition) is 5. The Morgan fingerprint density at radius 1 is 1.11 bits per heavy atom. The normalized spacial score (nSPS) is 16.6. The number of nitrogen functional groups attached to an aromatic ring is 1. The van der Waals surface area contributed by atoms with E-state index in [0.29, 0.717) is 17.1 Å². The Hall–Kier alpha value is -3.30. The lowest BCUT2D eigenvalue weighted by Crippen LogP contribution is -2.32. The number of nitrogens with zero attached hydrogens (tertiary/aromatic N) is 3. The largest absolute Gasteiger partial charge is 0.457 e. The van der Waals surface area contributed by atoms with Crippen molar-refractivity contribution in [1.82, 2.24) is 15.1 Å². The predicted molar refractivity (Wildman–Crippen MR) is 104 cm³/mol. The topological polar surface area (TPSA) is 88.9 Å². The number of rotatable bonds is 4. The highest BCUT2D eigenvalue weighted by atomic mass is 16.5. The van der Waals surface area contributed by atoms with Gasteiger partial charge in [-0.3, -0.25) is 0 Å². The van der Waals surface area contributed by atoms with Crippen molar-refractivity contribution in [2.24, 2.45) is 0 Å². The lowest BCUT2D eigenvalue weighted by Gasteiger charge is -2.23. The van der Waals surface area contributed by atoms with E-state index in [2.05, 4.69) is 16.5 Å². The summed E-state index contributed by atoms with van der Waals surface area (Å²) in [6.45, 7) is 1.83. The van der Waals surface area contributed by atoms with Crippen LogP contribution >= 0.6 is 0 Å². The van der Waals surface area contributed by atoms with Gasteiger partial charge in [0.05, 0.1) is 6.04 Å². The molecule has 0 amide bonds. The molecule has 6 nitrogen and oxygen atoms in total. The van der Waals surface area contributed by atoms with Gasteiger partial charge in [-0.05, 0) is 55.8 Å². The molecule has 0 radical (unpaired) electrons. The summed E-state index contributed by atoms with van der Waals surface area (Å²) in [5, 5.41) is 17.6. The van der Waals surface area contributed by atoms with Crippen molar-refractivity contribution in [2.75, 3.05) is 18.8 Å². The van der Waals surface area contributed by atoms with Gasteiger partial charge >= 0.3 is 0 Å². The van der Waals surface area contributed by atoms with Crippen LogP contribution in [-0.2, 0) is 0 Å². The lowest BCUT2D eigenvalue weighted by molar-refractivity contribution is 0.351. The molecule has 0 aliphatic carbocycles. The molecule has 136 valence electrons. The third kappa shape index (κ3) is 3.50. The second kappa shape index (κ2) is 7.52. The van der Waals surface area contributed by atoms with E-state index in [9.17, 15) is 5.26 Å². The zero-order chi connectivity index (χ0) is 18.6. The fourth-order valence-corrected chi connectivity index (χ4v) is 3.39. The zero-order valence-electron chi connectivity index (χ0n) is 14.9. The highest BCUT2D eigenvalue weighted by Crippen LogP contribution is 2.32. The minimum absolute atomic E-state index is 0.181. The van der Waals surface area contributed by atoms with Crippen molar-refractivity contribution in [3.63, 3.8) is 0 Å². The average molecular weight is 359 g/mol. The van der Waals surface area contributed by atoms with Crippen LogP contribution < -0.4 is 15.8 Å². The Balaban J connectivity index is 1.62. The second-order valence-corrected chi connectivity index (χ2v) is 6.60. The quantitative estimate of drug-likeness (QED) is 0.741. The molecule has 1 aliphatic heterocycles. The molecule has 0 saturated carbocycles. The molecule has 2 aromatic carbocycles. The monoisotopic (exact) mass is 359 g/mol. The summed E-state index contributed by atoms with van der Waals surface area (Å²) in [7, 11) is 0. The van der Waals surface area contributed by atoms with E-state index in [4.69, 9.17) is 10.5 Å². The molecular formula is C21H21N5O. The number of nitrogens with one attached hydrogen (secondary N) is 1. The van der Waals surface area contributed by atoms with Crippen LogP contribution in [0.1, 0.15) is 24.4 Å². The van der Waals surface area contributed by atoms with Crippen molar-refractivity contribution >= 4 is 5.82 Å². The van der Waals surface area contributed by atoms with Crippen LogP contribution in [0.25, 0.3) is 11.3 Å². The van der Waals surface area contributed by atoms with Crippen LogP contribution in [0.15, 0.2) is 54.6 Å². The summed E-state index contributed by atoms with van der Waals surface area (Å²) >= 11 is 0. The molecule has 1 unspecified atom stereocenters. The number of anilines is 1. The standard InChI is InChI=1S/C21H21N5O/c22-13-19-20(25-26(21(19)23)16-5-4-12-24-14-16)15-8-10-18(11-9-15)27-17-6-2-1-3-7-17/h1-3,6-11,16,24H,4-5,12,14,23H2. The molecule has 6 heteroatoms. The van der Waals surface area contributed by atoms with E-state index >= 15 is 0 Å². The van der Waals surface area contributed by atoms with Crippen molar-refractivity contribution in [3.05, 3.63) is 60.2 Å². The van der Waals surface area contributed by atoms with Crippen LogP contribution in [0.4, 0.5) is 5.82 Å². The van der Waals surface area contributed by atoms with E-state index in [1.807, 2.05) is 54.6 Å². The molecule has 1 fully saturated rings. The number of nitriles is 1. The van der Waals surface area contributed by atoms with E-state index < -0.39 is 0 Å². The minimum atomic E-state index is 0.181. The number of para-hydroxylation sites is 1. The zero-order valence-corrected chi connectivity index (χ0v) is 14.9. The highest BCUT2D eigenvalue weighted by molar-refractivity contribution is 5.73. The minimum Gasteiger partial charge on any atom is -0.457 e. The Morgan fingerprint density at radius 3 is 2.52 bits per heavy atom. The summed E-state index contributed by atoms with van der Waals surface area (Å²) in [6.07, 6.45) is 2.08. The van der Waals surface area contributed by atoms with Crippen molar-refractivity contribution in [3.8, 4) is 28.8 Å². The predicted octanol–water partition coefficient (Wildman–Crippen LogP) is 3.72. The van der Waals surface area contributed by atoms with Gasteiger partial charge in [-0.25, -0.2) is 4.68 Å². The summed E-state index contributed by atoms with van der Waals surface area (Å²) in [4.78, 5) is 0. The van der Waals surface area contributed by atoms with Crippen LogP contribution in [-0.4, -0.2) is 22.9 Å². The van der Waals surface area contributed by atoms with Crippen molar-refractivity contribution in [1.29, 1.82) is 5.26 Å². The number of ether oxygens (including phenoxy) is 1. The molecular weight excluding hydrogens is 338 g/mol. The first-order valence-electron chi connectivity index (χ1n) is 9.08. The Kier molecular flexibility index (Phi) is 4.77. The number of piperidine rings is 1. The second-order valence-electron chi connectivity index (χ2n) is 6.60. The molecule has 3 N–H and O–H groups in total. The van der Waals surface area contributed by atoms with Gasteiger partial charge in [0.15, 0.2) is 0 Å². The third-order valence-corrected chi connectivity index (χ3v) is 4.78. The maximum absolute atomic E-state index is 9.60. The van der Waals surface area contributed by atoms with Gasteiger partial charge < -0.3 is 15.8 Å². The van der Waals surface area contributed by atoms with Gasteiger partial charge in [0.1, 0.15) is 34.6 Å². The number of benzene rings is 2. The van der Waals surface area contributed by atoms with Gasteiger partial charge in [-0.15, -0.1) is 0 Å². The SMILES string of the molecule is N#Cc1c(-c2ccc(Oc3ccccc3)cc2)nn(C2CCCNC2)c1N. The number of nitrogens with two attached hydrogens (primary N) is 1. The van der Waals surface area contributed by atoms with Gasteiger partial charge in [0.25, 0.3) is 0 Å².